The maximum absolute atomic E-state index is 6.31. The number of nitrogens with two attached hydrogens (primary N) is 1. The summed E-state index contributed by atoms with van der Waals surface area (Å²) < 4.78 is 1.65. The van der Waals surface area contributed by atoms with Gasteiger partial charge in [0.25, 0.3) is 0 Å². The first kappa shape index (κ1) is 15.3. The molecule has 0 amide bonds. The number of hydrogen-bond donors (Lipinski definition) is 1. The fourth-order valence-electron chi connectivity index (χ4n) is 2.97. The fourth-order valence-corrected chi connectivity index (χ4v) is 2.97. The van der Waals surface area contributed by atoms with Crippen molar-refractivity contribution in [1.29, 1.82) is 0 Å². The van der Waals surface area contributed by atoms with Crippen molar-refractivity contribution in [1.82, 2.24) is 29.7 Å². The summed E-state index contributed by atoms with van der Waals surface area (Å²) in [5.74, 6) is 3.09. The Morgan fingerprint density at radius 3 is 2.44 bits per heavy atom. The minimum Gasteiger partial charge on any atom is -0.393 e. The first-order valence-electron chi connectivity index (χ1n) is 8.12. The van der Waals surface area contributed by atoms with Crippen LogP contribution in [0.4, 0.5) is 17.3 Å². The highest BCUT2D eigenvalue weighted by molar-refractivity contribution is 5.70. The maximum Gasteiger partial charge on any atom is 0.181 e. The van der Waals surface area contributed by atoms with Crippen LogP contribution >= 0.6 is 0 Å². The summed E-state index contributed by atoms with van der Waals surface area (Å²) in [6.07, 6.45) is 6.84. The Labute approximate surface area is 145 Å². The lowest BCUT2D eigenvalue weighted by Crippen LogP contribution is -2.47. The van der Waals surface area contributed by atoms with Gasteiger partial charge in [-0.2, -0.15) is 5.10 Å². The molecule has 3 aromatic rings. The predicted octanol–water partition coefficient (Wildman–Crippen LogP) is 0.670. The Bertz CT molecular complexity index is 854. The second-order valence-corrected chi connectivity index (χ2v) is 5.82. The van der Waals surface area contributed by atoms with E-state index in [0.29, 0.717) is 11.5 Å². The molecule has 0 saturated carbocycles. The van der Waals surface area contributed by atoms with Crippen molar-refractivity contribution < 1.29 is 0 Å². The molecule has 4 rings (SSSR count). The number of hydrogen-bond acceptors (Lipinski definition) is 8. The fraction of sp³-hybridized carbons (Fsp3) is 0.312. The van der Waals surface area contributed by atoms with E-state index < -0.39 is 0 Å². The van der Waals surface area contributed by atoms with E-state index in [0.717, 1.165) is 43.6 Å². The normalized spacial score (nSPS) is 14.8. The minimum absolute atomic E-state index is 0.539. The summed E-state index contributed by atoms with van der Waals surface area (Å²) in [5, 5.41) is 4.20. The molecule has 1 fully saturated rings. The van der Waals surface area contributed by atoms with Crippen molar-refractivity contribution in [2.45, 2.75) is 6.92 Å². The van der Waals surface area contributed by atoms with Crippen LogP contribution < -0.4 is 15.5 Å². The van der Waals surface area contributed by atoms with Gasteiger partial charge in [-0.05, 0) is 19.1 Å². The number of rotatable bonds is 3. The monoisotopic (exact) mass is 337 g/mol. The van der Waals surface area contributed by atoms with E-state index >= 15 is 0 Å². The summed E-state index contributed by atoms with van der Waals surface area (Å²) in [7, 11) is 0. The molecule has 1 saturated heterocycles. The van der Waals surface area contributed by atoms with E-state index in [-0.39, 0.29) is 0 Å². The summed E-state index contributed by atoms with van der Waals surface area (Å²) in [4.78, 5) is 21.7. The Balaban J connectivity index is 1.52. The Morgan fingerprint density at radius 2 is 1.72 bits per heavy atom. The quantitative estimate of drug-likeness (QED) is 0.744. The molecule has 1 aliphatic rings. The molecular weight excluding hydrogens is 318 g/mol. The smallest absolute Gasteiger partial charge is 0.181 e. The average Bonchev–Trinajstić information content (AvgIpc) is 3.17. The number of nitrogen functional groups attached to an aromatic ring is 1. The van der Waals surface area contributed by atoms with Gasteiger partial charge < -0.3 is 15.5 Å². The number of aromatic nitrogens is 6. The van der Waals surface area contributed by atoms with E-state index in [2.05, 4.69) is 34.8 Å². The lowest BCUT2D eigenvalue weighted by Gasteiger charge is -2.36. The van der Waals surface area contributed by atoms with Gasteiger partial charge in [-0.25, -0.2) is 24.6 Å². The van der Waals surface area contributed by atoms with Crippen LogP contribution in [-0.4, -0.2) is 55.9 Å². The third kappa shape index (κ3) is 2.95. The molecule has 0 aromatic carbocycles. The SMILES string of the molecule is Cc1nccc(N2CCN(c3ncnc(-n4cccn4)c3N)CC2)n1. The van der Waals surface area contributed by atoms with E-state index in [1.165, 1.54) is 6.33 Å². The molecule has 2 N–H and O–H groups in total. The molecule has 9 nitrogen and oxygen atoms in total. The van der Waals surface area contributed by atoms with Gasteiger partial charge in [-0.3, -0.25) is 0 Å². The highest BCUT2D eigenvalue weighted by Gasteiger charge is 2.22. The third-order valence-corrected chi connectivity index (χ3v) is 4.23. The molecule has 1 aliphatic heterocycles. The Morgan fingerprint density at radius 1 is 0.960 bits per heavy atom. The van der Waals surface area contributed by atoms with Crippen LogP contribution in [0.3, 0.4) is 0 Å². The van der Waals surface area contributed by atoms with Crippen LogP contribution in [0.15, 0.2) is 37.1 Å². The van der Waals surface area contributed by atoms with Crippen molar-refractivity contribution in [2.24, 2.45) is 0 Å². The van der Waals surface area contributed by atoms with Crippen LogP contribution in [0, 0.1) is 6.92 Å². The van der Waals surface area contributed by atoms with E-state index in [9.17, 15) is 0 Å². The van der Waals surface area contributed by atoms with Crippen molar-refractivity contribution >= 4 is 17.3 Å². The van der Waals surface area contributed by atoms with Crippen LogP contribution in [0.5, 0.6) is 0 Å². The minimum atomic E-state index is 0.539. The number of piperazine rings is 1. The summed E-state index contributed by atoms with van der Waals surface area (Å²) >= 11 is 0. The van der Waals surface area contributed by atoms with Gasteiger partial charge in [0, 0.05) is 44.8 Å². The van der Waals surface area contributed by atoms with Gasteiger partial charge >= 0.3 is 0 Å². The second-order valence-electron chi connectivity index (χ2n) is 5.82. The van der Waals surface area contributed by atoms with Crippen molar-refractivity contribution in [3.8, 4) is 5.82 Å². The molecule has 4 heterocycles. The van der Waals surface area contributed by atoms with Gasteiger partial charge in [0.1, 0.15) is 23.7 Å². The maximum atomic E-state index is 6.31. The highest BCUT2D eigenvalue weighted by Crippen LogP contribution is 2.26. The van der Waals surface area contributed by atoms with E-state index in [4.69, 9.17) is 5.73 Å². The molecular formula is C16H19N9. The van der Waals surface area contributed by atoms with Crippen LogP contribution in [0.2, 0.25) is 0 Å². The molecule has 128 valence electrons. The van der Waals surface area contributed by atoms with Crippen molar-refractivity contribution in [3.63, 3.8) is 0 Å². The van der Waals surface area contributed by atoms with Gasteiger partial charge in [-0.1, -0.05) is 0 Å². The first-order valence-corrected chi connectivity index (χ1v) is 8.12. The predicted molar refractivity (Wildman–Crippen MR) is 94.8 cm³/mol. The van der Waals surface area contributed by atoms with Crippen LogP contribution in [0.1, 0.15) is 5.82 Å². The number of aryl methyl sites for hydroxylation is 1. The van der Waals surface area contributed by atoms with Crippen molar-refractivity contribution in [2.75, 3.05) is 41.7 Å². The lowest BCUT2D eigenvalue weighted by molar-refractivity contribution is 0.639. The van der Waals surface area contributed by atoms with Gasteiger partial charge in [0.05, 0.1) is 0 Å². The summed E-state index contributed by atoms with van der Waals surface area (Å²) in [6.45, 7) is 5.21. The topological polar surface area (TPSA) is 102 Å². The molecule has 0 spiro atoms. The number of anilines is 3. The summed E-state index contributed by atoms with van der Waals surface area (Å²) in [6, 6.07) is 3.78. The highest BCUT2D eigenvalue weighted by atomic mass is 15.3. The zero-order valence-corrected chi connectivity index (χ0v) is 13.9. The zero-order valence-electron chi connectivity index (χ0n) is 13.9. The molecule has 0 radical (unpaired) electrons. The Kier molecular flexibility index (Phi) is 3.88. The van der Waals surface area contributed by atoms with Gasteiger partial charge in [0.2, 0.25) is 0 Å². The summed E-state index contributed by atoms with van der Waals surface area (Å²) in [5.41, 5.74) is 6.85. The molecule has 9 heteroatoms. The molecule has 3 aromatic heterocycles. The molecule has 0 aliphatic carbocycles. The van der Waals surface area contributed by atoms with E-state index in [1.54, 1.807) is 17.1 Å². The largest absolute Gasteiger partial charge is 0.393 e. The van der Waals surface area contributed by atoms with Crippen LogP contribution in [0.25, 0.3) is 5.82 Å². The number of nitrogens with zero attached hydrogens (tertiary/aromatic N) is 8. The van der Waals surface area contributed by atoms with Crippen LogP contribution in [-0.2, 0) is 0 Å². The lowest BCUT2D eigenvalue weighted by atomic mass is 10.3. The van der Waals surface area contributed by atoms with Crippen molar-refractivity contribution in [3.05, 3.63) is 42.9 Å². The average molecular weight is 337 g/mol. The standard InChI is InChI=1S/C16H19N9/c1-12-18-5-3-13(22-12)23-7-9-24(10-8-23)15-14(17)16(20-11-19-15)25-6-2-4-21-25/h2-6,11H,7-10,17H2,1H3. The first-order chi connectivity index (χ1) is 12.2. The molecule has 25 heavy (non-hydrogen) atoms. The van der Waals surface area contributed by atoms with E-state index in [1.807, 2.05) is 25.3 Å². The molecule has 0 unspecified atom stereocenters. The Hall–Kier alpha value is -3.23. The van der Waals surface area contributed by atoms with Gasteiger partial charge in [0.15, 0.2) is 11.6 Å². The third-order valence-electron chi connectivity index (χ3n) is 4.23. The van der Waals surface area contributed by atoms with Gasteiger partial charge in [-0.15, -0.1) is 0 Å². The zero-order chi connectivity index (χ0) is 17.2. The molecule has 0 bridgehead atoms. The molecule has 0 atom stereocenters. The second kappa shape index (κ2) is 6.34.